The molecule has 1 heterocycles. The number of hydrogen-bond acceptors (Lipinski definition) is 6. The van der Waals surface area contributed by atoms with E-state index < -0.39 is 35.9 Å². The van der Waals surface area contributed by atoms with Crippen molar-refractivity contribution in [3.63, 3.8) is 0 Å². The molecule has 5 atom stereocenters. The monoisotopic (exact) mass is 402 g/mol. The van der Waals surface area contributed by atoms with Gasteiger partial charge in [0, 0.05) is 5.75 Å². The van der Waals surface area contributed by atoms with Crippen LogP contribution >= 0.6 is 12.6 Å². The van der Waals surface area contributed by atoms with E-state index in [2.05, 4.69) is 33.9 Å². The minimum absolute atomic E-state index is 0.0727. The lowest BCUT2D eigenvalue weighted by Crippen LogP contribution is -2.57. The van der Waals surface area contributed by atoms with Crippen molar-refractivity contribution in [2.75, 3.05) is 12.3 Å². The molecule has 1 fully saturated rings. The second kappa shape index (κ2) is 11.1. The first-order chi connectivity index (χ1) is 12.7. The van der Waals surface area contributed by atoms with Crippen molar-refractivity contribution in [2.45, 2.75) is 64.2 Å². The number of rotatable bonds is 10. The van der Waals surface area contributed by atoms with Gasteiger partial charge in [0.05, 0.1) is 6.04 Å². The minimum Gasteiger partial charge on any atom is -0.480 e. The Morgan fingerprint density at radius 2 is 1.81 bits per heavy atom. The predicted molar refractivity (Wildman–Crippen MR) is 103 cm³/mol. The number of nitrogens with one attached hydrogen (secondary N) is 4. The Labute approximate surface area is 164 Å². The van der Waals surface area contributed by atoms with Gasteiger partial charge in [-0.3, -0.25) is 14.4 Å². The van der Waals surface area contributed by atoms with Crippen LogP contribution in [0.5, 0.6) is 0 Å². The Balaban J connectivity index is 2.60. The van der Waals surface area contributed by atoms with Gasteiger partial charge in [0.1, 0.15) is 18.1 Å². The number of carbonyl (C=O) groups is 4. The number of carbonyl (C=O) groups excluding carboxylic acids is 3. The summed E-state index contributed by atoms with van der Waals surface area (Å²) in [5.41, 5.74) is 0. The molecular weight excluding hydrogens is 372 g/mol. The molecule has 0 aliphatic carbocycles. The summed E-state index contributed by atoms with van der Waals surface area (Å²) in [5, 5.41) is 19.9. The molecule has 0 radical (unpaired) electrons. The first-order valence-electron chi connectivity index (χ1n) is 9.19. The molecule has 1 aliphatic rings. The highest BCUT2D eigenvalue weighted by atomic mass is 32.1. The normalized spacial score (nSPS) is 20.8. The quantitative estimate of drug-likeness (QED) is 0.267. The van der Waals surface area contributed by atoms with Gasteiger partial charge in [-0.05, 0) is 32.2 Å². The molecule has 0 bridgehead atoms. The fourth-order valence-electron chi connectivity index (χ4n) is 2.72. The van der Waals surface area contributed by atoms with E-state index in [1.54, 1.807) is 6.92 Å². The molecule has 9 nitrogen and oxygen atoms in total. The van der Waals surface area contributed by atoms with Crippen LogP contribution in [-0.2, 0) is 19.2 Å². The van der Waals surface area contributed by atoms with Crippen LogP contribution in [0, 0.1) is 5.92 Å². The largest absolute Gasteiger partial charge is 0.480 e. The highest BCUT2D eigenvalue weighted by Crippen LogP contribution is 2.08. The van der Waals surface area contributed by atoms with E-state index in [0.29, 0.717) is 12.8 Å². The van der Waals surface area contributed by atoms with Crippen molar-refractivity contribution >= 4 is 36.3 Å². The Morgan fingerprint density at radius 3 is 2.30 bits per heavy atom. The van der Waals surface area contributed by atoms with Crippen molar-refractivity contribution < 1.29 is 24.3 Å². The van der Waals surface area contributed by atoms with Gasteiger partial charge in [0.25, 0.3) is 0 Å². The van der Waals surface area contributed by atoms with Crippen molar-refractivity contribution in [3.8, 4) is 0 Å². The number of hydrogen-bond donors (Lipinski definition) is 6. The van der Waals surface area contributed by atoms with Gasteiger partial charge in [-0.2, -0.15) is 12.6 Å². The van der Waals surface area contributed by atoms with Crippen molar-refractivity contribution in [3.05, 3.63) is 0 Å². The van der Waals surface area contributed by atoms with E-state index in [-0.39, 0.29) is 23.6 Å². The third kappa shape index (κ3) is 7.02. The van der Waals surface area contributed by atoms with Crippen molar-refractivity contribution in [1.29, 1.82) is 0 Å². The Bertz CT molecular complexity index is 553. The van der Waals surface area contributed by atoms with E-state index in [4.69, 9.17) is 0 Å². The third-order valence-corrected chi connectivity index (χ3v) is 5.09. The summed E-state index contributed by atoms with van der Waals surface area (Å²) in [6.07, 6.45) is 2.19. The molecule has 5 N–H and O–H groups in total. The van der Waals surface area contributed by atoms with E-state index in [0.717, 1.165) is 13.0 Å². The van der Waals surface area contributed by atoms with Crippen LogP contribution in [0.3, 0.4) is 0 Å². The lowest BCUT2D eigenvalue weighted by Gasteiger charge is -2.24. The molecule has 154 valence electrons. The summed E-state index contributed by atoms with van der Waals surface area (Å²) in [6.45, 7) is 5.77. The highest BCUT2D eigenvalue weighted by Gasteiger charge is 2.30. The molecule has 1 rings (SSSR count). The maximum absolute atomic E-state index is 12.4. The zero-order chi connectivity index (χ0) is 20.6. The first-order valence-corrected chi connectivity index (χ1v) is 9.82. The van der Waals surface area contributed by atoms with Gasteiger partial charge in [-0.1, -0.05) is 20.3 Å². The minimum atomic E-state index is -1.12. The number of aliphatic carboxylic acids is 1. The van der Waals surface area contributed by atoms with Crippen LogP contribution in [0.2, 0.25) is 0 Å². The van der Waals surface area contributed by atoms with Crippen molar-refractivity contribution in [1.82, 2.24) is 21.3 Å². The average Bonchev–Trinajstić information content (AvgIpc) is 3.17. The number of carboxylic acid groups (broad SMARTS) is 1. The van der Waals surface area contributed by atoms with Gasteiger partial charge < -0.3 is 26.4 Å². The zero-order valence-electron chi connectivity index (χ0n) is 15.9. The van der Waals surface area contributed by atoms with Crippen LogP contribution in [0.15, 0.2) is 0 Å². The maximum atomic E-state index is 12.4. The molecule has 0 aromatic carbocycles. The third-order valence-electron chi connectivity index (χ3n) is 4.72. The lowest BCUT2D eigenvalue weighted by atomic mass is 9.99. The predicted octanol–water partition coefficient (Wildman–Crippen LogP) is -0.727. The van der Waals surface area contributed by atoms with E-state index in [9.17, 15) is 24.3 Å². The molecule has 1 saturated heterocycles. The Hall–Kier alpha value is -1.81. The molecule has 0 saturated carbocycles. The van der Waals surface area contributed by atoms with Gasteiger partial charge in [0.2, 0.25) is 17.7 Å². The standard InChI is InChI=1S/C17H30N4O5S/c1-4-9(2)13(17(25)26)21-14(22)10(3)19-16(24)12(8-27)20-15(23)11-6-5-7-18-11/h9-13,18,27H,4-8H2,1-3H3,(H,19,24)(H,20,23)(H,21,22)(H,25,26). The highest BCUT2D eigenvalue weighted by molar-refractivity contribution is 7.80. The molecule has 1 aliphatic heterocycles. The summed E-state index contributed by atoms with van der Waals surface area (Å²) >= 11 is 4.09. The van der Waals surface area contributed by atoms with Crippen LogP contribution in [0.25, 0.3) is 0 Å². The van der Waals surface area contributed by atoms with Gasteiger partial charge >= 0.3 is 5.97 Å². The van der Waals surface area contributed by atoms with E-state index >= 15 is 0 Å². The van der Waals surface area contributed by atoms with Crippen LogP contribution < -0.4 is 21.3 Å². The summed E-state index contributed by atoms with van der Waals surface area (Å²) in [6, 6.07) is -3.20. The summed E-state index contributed by atoms with van der Waals surface area (Å²) < 4.78 is 0. The lowest BCUT2D eigenvalue weighted by molar-refractivity contribution is -0.143. The number of amides is 3. The fourth-order valence-corrected chi connectivity index (χ4v) is 2.97. The summed E-state index contributed by atoms with van der Waals surface area (Å²) in [7, 11) is 0. The van der Waals surface area contributed by atoms with Gasteiger partial charge in [0.15, 0.2) is 0 Å². The van der Waals surface area contributed by atoms with Gasteiger partial charge in [-0.15, -0.1) is 0 Å². The molecule has 10 heteroatoms. The number of carboxylic acids is 1. The van der Waals surface area contributed by atoms with Gasteiger partial charge in [-0.25, -0.2) is 4.79 Å². The molecule has 0 aromatic heterocycles. The summed E-state index contributed by atoms with van der Waals surface area (Å²) in [4.78, 5) is 48.1. The zero-order valence-corrected chi connectivity index (χ0v) is 16.8. The average molecular weight is 403 g/mol. The number of thiol groups is 1. The van der Waals surface area contributed by atoms with E-state index in [1.165, 1.54) is 6.92 Å². The first kappa shape index (κ1) is 23.2. The van der Waals surface area contributed by atoms with Crippen LogP contribution in [0.4, 0.5) is 0 Å². The molecule has 3 amide bonds. The Morgan fingerprint density at radius 1 is 1.15 bits per heavy atom. The molecule has 0 aromatic rings. The Kier molecular flexibility index (Phi) is 9.57. The van der Waals surface area contributed by atoms with Crippen LogP contribution in [-0.4, -0.2) is 65.3 Å². The molecular formula is C17H30N4O5S. The van der Waals surface area contributed by atoms with E-state index in [1.807, 2.05) is 6.92 Å². The fraction of sp³-hybridized carbons (Fsp3) is 0.765. The molecule has 27 heavy (non-hydrogen) atoms. The molecule has 0 spiro atoms. The second-order valence-corrected chi connectivity index (χ2v) is 7.20. The second-order valence-electron chi connectivity index (χ2n) is 6.83. The SMILES string of the molecule is CCC(C)C(NC(=O)C(C)NC(=O)C(CS)NC(=O)C1CCCN1)C(=O)O. The smallest absolute Gasteiger partial charge is 0.326 e. The molecule has 5 unspecified atom stereocenters. The maximum Gasteiger partial charge on any atom is 0.326 e. The van der Waals surface area contributed by atoms with Crippen molar-refractivity contribution in [2.24, 2.45) is 5.92 Å². The van der Waals surface area contributed by atoms with Crippen LogP contribution in [0.1, 0.15) is 40.0 Å². The topological polar surface area (TPSA) is 137 Å². The summed E-state index contributed by atoms with van der Waals surface area (Å²) in [5.74, 6) is -2.73.